The summed E-state index contributed by atoms with van der Waals surface area (Å²) in [6.07, 6.45) is -0.547. The molecule has 0 saturated carbocycles. The van der Waals surface area contributed by atoms with Gasteiger partial charge in [0.15, 0.2) is 0 Å². The Kier molecular flexibility index (Phi) is 9.15. The van der Waals surface area contributed by atoms with Crippen LogP contribution in [0.5, 0.6) is 5.75 Å². The van der Waals surface area contributed by atoms with E-state index < -0.39 is 6.09 Å². The minimum atomic E-state index is -0.547. The summed E-state index contributed by atoms with van der Waals surface area (Å²) in [6.45, 7) is 8.37. The fourth-order valence-electron chi connectivity index (χ4n) is 3.29. The predicted octanol–water partition coefficient (Wildman–Crippen LogP) is 4.08. The number of benzene rings is 2. The van der Waals surface area contributed by atoms with Gasteiger partial charge in [0.05, 0.1) is 19.8 Å². The lowest BCUT2D eigenvalue weighted by Crippen LogP contribution is -2.38. The van der Waals surface area contributed by atoms with Crippen molar-refractivity contribution >= 4 is 17.7 Å². The van der Waals surface area contributed by atoms with Crippen molar-refractivity contribution in [3.05, 3.63) is 59.7 Å². The predicted molar refractivity (Wildman–Crippen MR) is 118 cm³/mol. The van der Waals surface area contributed by atoms with Crippen molar-refractivity contribution in [3.8, 4) is 5.75 Å². The Labute approximate surface area is 178 Å². The molecule has 162 valence electrons. The number of hydrogen-bond donors (Lipinski definition) is 2. The van der Waals surface area contributed by atoms with Crippen LogP contribution in [-0.4, -0.2) is 50.3 Å². The zero-order valence-electron chi connectivity index (χ0n) is 18.1. The fraction of sp³-hybridized carbons (Fsp3) is 0.391. The normalized spacial score (nSPS) is 11.6. The summed E-state index contributed by atoms with van der Waals surface area (Å²) in [6, 6.07) is 14.7. The molecule has 0 aliphatic rings. The molecule has 1 atom stereocenters. The first kappa shape index (κ1) is 23.2. The van der Waals surface area contributed by atoms with E-state index >= 15 is 0 Å². The maximum Gasteiger partial charge on any atom is 0.411 e. The largest absolute Gasteiger partial charge is 0.497 e. The summed E-state index contributed by atoms with van der Waals surface area (Å²) >= 11 is 0. The number of nitrogens with zero attached hydrogens (tertiary/aromatic N) is 1. The van der Waals surface area contributed by atoms with Crippen molar-refractivity contribution in [2.75, 3.05) is 38.7 Å². The summed E-state index contributed by atoms with van der Waals surface area (Å²) < 4.78 is 10.2. The van der Waals surface area contributed by atoms with Crippen LogP contribution in [0.2, 0.25) is 0 Å². The molecule has 0 heterocycles. The molecule has 0 saturated heterocycles. The van der Waals surface area contributed by atoms with Crippen molar-refractivity contribution in [1.29, 1.82) is 0 Å². The zero-order chi connectivity index (χ0) is 21.9. The highest BCUT2D eigenvalue weighted by Crippen LogP contribution is 2.24. The lowest BCUT2D eigenvalue weighted by molar-refractivity contribution is 0.0934. The Hall–Kier alpha value is -3.06. The fourth-order valence-corrected chi connectivity index (χ4v) is 3.29. The van der Waals surface area contributed by atoms with E-state index in [9.17, 15) is 9.59 Å². The Morgan fingerprint density at radius 3 is 2.43 bits per heavy atom. The van der Waals surface area contributed by atoms with Crippen molar-refractivity contribution in [1.82, 2.24) is 10.2 Å². The number of amides is 2. The topological polar surface area (TPSA) is 79.9 Å². The van der Waals surface area contributed by atoms with Crippen LogP contribution in [0.25, 0.3) is 0 Å². The van der Waals surface area contributed by atoms with Crippen LogP contribution < -0.4 is 15.4 Å². The maximum atomic E-state index is 12.8. The van der Waals surface area contributed by atoms with Crippen LogP contribution in [0.4, 0.5) is 10.5 Å². The Morgan fingerprint density at radius 2 is 1.77 bits per heavy atom. The molecule has 0 radical (unpaired) electrons. The highest BCUT2D eigenvalue weighted by atomic mass is 16.5. The molecule has 7 heteroatoms. The summed E-state index contributed by atoms with van der Waals surface area (Å²) in [5, 5.41) is 5.64. The molecule has 2 aromatic rings. The van der Waals surface area contributed by atoms with Gasteiger partial charge in [-0.1, -0.05) is 32.0 Å². The molecule has 1 unspecified atom stereocenters. The van der Waals surface area contributed by atoms with E-state index in [1.54, 1.807) is 38.3 Å². The molecule has 2 aromatic carbocycles. The molecule has 30 heavy (non-hydrogen) atoms. The van der Waals surface area contributed by atoms with Crippen LogP contribution in [-0.2, 0) is 4.74 Å². The molecule has 2 rings (SSSR count). The van der Waals surface area contributed by atoms with E-state index in [4.69, 9.17) is 9.47 Å². The average molecular weight is 414 g/mol. The summed E-state index contributed by atoms with van der Waals surface area (Å²) in [5.41, 5.74) is 2.05. The summed E-state index contributed by atoms with van der Waals surface area (Å²) in [5.74, 6) is 0.580. The number of carbonyl (C=O) groups is 2. The first-order valence-electron chi connectivity index (χ1n) is 10.2. The minimum Gasteiger partial charge on any atom is -0.497 e. The molecule has 0 aromatic heterocycles. The molecule has 0 aliphatic carbocycles. The quantitative estimate of drug-likeness (QED) is 0.614. The minimum absolute atomic E-state index is 0.0138. The van der Waals surface area contributed by atoms with Crippen molar-refractivity contribution in [2.45, 2.75) is 26.8 Å². The lowest BCUT2D eigenvalue weighted by Gasteiger charge is -2.30. The third-order valence-corrected chi connectivity index (χ3v) is 4.83. The van der Waals surface area contributed by atoms with E-state index in [1.807, 2.05) is 24.3 Å². The van der Waals surface area contributed by atoms with Gasteiger partial charge in [-0.3, -0.25) is 15.0 Å². The van der Waals surface area contributed by atoms with Gasteiger partial charge in [-0.2, -0.15) is 0 Å². The number of ether oxygens (including phenoxy) is 2. The second kappa shape index (κ2) is 11.8. The summed E-state index contributed by atoms with van der Waals surface area (Å²) in [7, 11) is 1.64. The maximum absolute atomic E-state index is 12.8. The van der Waals surface area contributed by atoms with E-state index in [2.05, 4.69) is 29.4 Å². The Bertz CT molecular complexity index is 837. The number of carbonyl (C=O) groups excluding carboxylic acids is 2. The van der Waals surface area contributed by atoms with E-state index in [1.165, 1.54) is 0 Å². The van der Waals surface area contributed by atoms with Gasteiger partial charge in [-0.15, -0.1) is 0 Å². The van der Waals surface area contributed by atoms with Gasteiger partial charge in [-0.05, 0) is 55.9 Å². The monoisotopic (exact) mass is 413 g/mol. The molecule has 0 fully saturated rings. The SMILES string of the molecule is CCOC(=O)Nc1cccc(C(=O)NCC(c2cccc(OC)c2)N(CC)CC)c1. The molecular formula is C23H31N3O4. The average Bonchev–Trinajstić information content (AvgIpc) is 2.76. The molecule has 0 aliphatic heterocycles. The third-order valence-electron chi connectivity index (χ3n) is 4.83. The van der Waals surface area contributed by atoms with Crippen LogP contribution in [0.1, 0.15) is 42.7 Å². The number of anilines is 1. The number of hydrogen-bond acceptors (Lipinski definition) is 5. The molecule has 0 spiro atoms. The van der Waals surface area contributed by atoms with Gasteiger partial charge < -0.3 is 14.8 Å². The molecule has 2 amide bonds. The standard InChI is InChI=1S/C23H31N3O4/c1-5-26(6-2)21(17-10-9-13-20(15-17)29-4)16-24-22(27)18-11-8-12-19(14-18)25-23(28)30-7-3/h8-15,21H,5-7,16H2,1-4H3,(H,24,27)(H,25,28). The number of likely N-dealkylation sites (N-methyl/N-ethyl adjacent to an activating group) is 1. The zero-order valence-corrected chi connectivity index (χ0v) is 18.1. The van der Waals surface area contributed by atoms with E-state index in [-0.39, 0.29) is 18.6 Å². The van der Waals surface area contributed by atoms with Gasteiger partial charge in [0, 0.05) is 17.8 Å². The molecule has 7 nitrogen and oxygen atoms in total. The Morgan fingerprint density at radius 1 is 1.03 bits per heavy atom. The molecular weight excluding hydrogens is 382 g/mol. The molecule has 2 N–H and O–H groups in total. The highest BCUT2D eigenvalue weighted by Gasteiger charge is 2.20. The van der Waals surface area contributed by atoms with Crippen LogP contribution in [0.15, 0.2) is 48.5 Å². The smallest absolute Gasteiger partial charge is 0.411 e. The van der Waals surface area contributed by atoms with Crippen molar-refractivity contribution in [3.63, 3.8) is 0 Å². The van der Waals surface area contributed by atoms with E-state index in [0.29, 0.717) is 17.8 Å². The first-order valence-corrected chi connectivity index (χ1v) is 10.2. The lowest BCUT2D eigenvalue weighted by atomic mass is 10.0. The number of methoxy groups -OCH3 is 1. The second-order valence-electron chi connectivity index (χ2n) is 6.65. The van der Waals surface area contributed by atoms with Crippen LogP contribution >= 0.6 is 0 Å². The number of nitrogens with one attached hydrogen (secondary N) is 2. The third kappa shape index (κ3) is 6.49. The van der Waals surface area contributed by atoms with Gasteiger partial charge >= 0.3 is 6.09 Å². The van der Waals surface area contributed by atoms with Gasteiger partial charge in [0.2, 0.25) is 0 Å². The van der Waals surface area contributed by atoms with Crippen molar-refractivity contribution in [2.24, 2.45) is 0 Å². The van der Waals surface area contributed by atoms with E-state index in [0.717, 1.165) is 24.4 Å². The first-order chi connectivity index (χ1) is 14.5. The van der Waals surface area contributed by atoms with Gasteiger partial charge in [-0.25, -0.2) is 4.79 Å². The second-order valence-corrected chi connectivity index (χ2v) is 6.65. The highest BCUT2D eigenvalue weighted by molar-refractivity contribution is 5.96. The number of rotatable bonds is 10. The molecule has 0 bridgehead atoms. The van der Waals surface area contributed by atoms with Crippen LogP contribution in [0, 0.1) is 0 Å². The van der Waals surface area contributed by atoms with Gasteiger partial charge in [0.1, 0.15) is 5.75 Å². The van der Waals surface area contributed by atoms with Crippen molar-refractivity contribution < 1.29 is 19.1 Å². The van der Waals surface area contributed by atoms with Gasteiger partial charge in [0.25, 0.3) is 5.91 Å². The summed E-state index contributed by atoms with van der Waals surface area (Å²) in [4.78, 5) is 26.7. The Balaban J connectivity index is 2.12. The van der Waals surface area contributed by atoms with Crippen LogP contribution in [0.3, 0.4) is 0 Å².